The van der Waals surface area contributed by atoms with Gasteiger partial charge in [-0.05, 0) is 6.07 Å². The molecule has 0 bridgehead atoms. The third-order valence-corrected chi connectivity index (χ3v) is 6.24. The number of hydrogen-bond donors (Lipinski definition) is 5. The number of phosphoric ester groups is 1. The molecule has 1 fully saturated rings. The first-order chi connectivity index (χ1) is 13.1. The third-order valence-electron chi connectivity index (χ3n) is 3.42. The minimum atomic E-state index is -5.12. The molecular formula is C12H23N4O11P2+. The number of hydroxylamine groups is 3. The third kappa shape index (κ3) is 6.64. The van der Waals surface area contributed by atoms with Crippen molar-refractivity contribution >= 4 is 21.5 Å². The number of nitrogens with zero attached hydrogens (tertiary/aromatic N) is 3. The van der Waals surface area contributed by atoms with Crippen LogP contribution in [0.3, 0.4) is 0 Å². The van der Waals surface area contributed by atoms with E-state index in [0.717, 1.165) is 4.57 Å². The second-order valence-corrected chi connectivity index (χ2v) is 9.82. The topological polar surface area (TPSA) is 213 Å². The fourth-order valence-corrected chi connectivity index (χ4v) is 4.67. The van der Waals surface area contributed by atoms with Crippen molar-refractivity contribution in [3.8, 4) is 0 Å². The summed E-state index contributed by atoms with van der Waals surface area (Å²) in [6, 6.07) is 1.26. The number of aliphatic hydroxyl groups excluding tert-OH is 2. The van der Waals surface area contributed by atoms with Gasteiger partial charge in [0.05, 0.1) is 27.7 Å². The van der Waals surface area contributed by atoms with E-state index in [1.807, 2.05) is 0 Å². The summed E-state index contributed by atoms with van der Waals surface area (Å²) >= 11 is 0. The molecule has 2 heterocycles. The van der Waals surface area contributed by atoms with Gasteiger partial charge in [0.2, 0.25) is 0 Å². The van der Waals surface area contributed by atoms with Gasteiger partial charge in [-0.3, -0.25) is 14.0 Å². The van der Waals surface area contributed by atoms with Crippen LogP contribution >= 0.6 is 15.6 Å². The van der Waals surface area contributed by atoms with Gasteiger partial charge in [0, 0.05) is 6.20 Å². The number of hydrogen-bond acceptors (Lipinski definition) is 11. The Balaban J connectivity index is 2.04. The summed E-state index contributed by atoms with van der Waals surface area (Å²) < 4.78 is 42.7. The van der Waals surface area contributed by atoms with E-state index in [9.17, 15) is 33.9 Å². The minimum Gasteiger partial charge on any atom is -0.387 e. The van der Waals surface area contributed by atoms with Gasteiger partial charge in [-0.1, -0.05) is 4.62 Å². The lowest BCUT2D eigenvalue weighted by Gasteiger charge is -2.24. The van der Waals surface area contributed by atoms with Crippen molar-refractivity contribution in [3.63, 3.8) is 0 Å². The molecule has 1 aromatic heterocycles. The van der Waals surface area contributed by atoms with Gasteiger partial charge < -0.3 is 25.6 Å². The average Bonchev–Trinajstić information content (AvgIpc) is 2.78. The molecule has 17 heteroatoms. The van der Waals surface area contributed by atoms with E-state index in [4.69, 9.17) is 10.5 Å². The summed E-state index contributed by atoms with van der Waals surface area (Å²) in [4.78, 5) is 34.5. The van der Waals surface area contributed by atoms with Crippen LogP contribution in [0, 0.1) is 0 Å². The van der Waals surface area contributed by atoms with Crippen LogP contribution in [-0.4, -0.2) is 80.3 Å². The zero-order chi connectivity index (χ0) is 22.2. The predicted octanol–water partition coefficient (Wildman–Crippen LogP) is -1.68. The minimum absolute atomic E-state index is 0.0675. The van der Waals surface area contributed by atoms with Gasteiger partial charge in [0.1, 0.15) is 24.1 Å². The summed E-state index contributed by atoms with van der Waals surface area (Å²) in [6.07, 6.45) is -4.84. The van der Waals surface area contributed by atoms with Crippen molar-refractivity contribution in [2.75, 3.05) is 33.5 Å². The summed E-state index contributed by atoms with van der Waals surface area (Å²) in [7, 11) is -6.04. The first-order valence-corrected chi connectivity index (χ1v) is 11.0. The Morgan fingerprint density at radius 3 is 2.41 bits per heavy atom. The molecule has 2 unspecified atom stereocenters. The molecule has 0 aliphatic carbocycles. The maximum atomic E-state index is 11.9. The molecular weight excluding hydrogens is 438 g/mol. The van der Waals surface area contributed by atoms with Gasteiger partial charge >= 0.3 is 21.3 Å². The molecule has 1 aliphatic rings. The molecule has 6 N–H and O–H groups in total. The molecule has 0 saturated carbocycles. The lowest BCUT2D eigenvalue weighted by atomic mass is 10.1. The number of nitrogen functional groups attached to an aromatic ring is 1. The van der Waals surface area contributed by atoms with E-state index in [0.29, 0.717) is 0 Å². The maximum absolute atomic E-state index is 11.9. The number of anilines is 1. The van der Waals surface area contributed by atoms with Crippen LogP contribution in [0.4, 0.5) is 5.82 Å². The Hall–Kier alpha value is -1.22. The zero-order valence-electron chi connectivity index (χ0n) is 15.6. The summed E-state index contributed by atoms with van der Waals surface area (Å²) in [6.45, 7) is -0.829. The zero-order valence-corrected chi connectivity index (χ0v) is 17.4. The summed E-state index contributed by atoms with van der Waals surface area (Å²) in [5.41, 5.74) is 4.51. The molecule has 6 atom stereocenters. The molecule has 0 aromatic carbocycles. The van der Waals surface area contributed by atoms with E-state index < -0.39 is 57.1 Å². The summed E-state index contributed by atoms with van der Waals surface area (Å²) in [5, 5.41) is 20.2. The molecule has 2 rings (SSSR count). The molecule has 15 nitrogen and oxygen atoms in total. The largest absolute Gasteiger partial charge is 0.527 e. The first-order valence-electron chi connectivity index (χ1n) is 8.01. The van der Waals surface area contributed by atoms with Gasteiger partial charge in [-0.2, -0.15) is 13.9 Å². The van der Waals surface area contributed by atoms with Crippen molar-refractivity contribution in [1.82, 2.24) is 9.55 Å². The highest BCUT2D eigenvalue weighted by atomic mass is 31.3. The monoisotopic (exact) mass is 461 g/mol. The average molecular weight is 461 g/mol. The Morgan fingerprint density at radius 1 is 1.24 bits per heavy atom. The van der Waals surface area contributed by atoms with E-state index in [1.54, 1.807) is 0 Å². The number of quaternary nitrogens is 1. The van der Waals surface area contributed by atoms with Gasteiger partial charge in [-0.25, -0.2) is 13.9 Å². The van der Waals surface area contributed by atoms with Crippen molar-refractivity contribution in [1.29, 1.82) is 0 Å². The van der Waals surface area contributed by atoms with Crippen molar-refractivity contribution in [2.45, 2.75) is 24.5 Å². The van der Waals surface area contributed by atoms with Crippen molar-refractivity contribution in [2.24, 2.45) is 0 Å². The van der Waals surface area contributed by atoms with Crippen LogP contribution in [0.25, 0.3) is 0 Å². The Labute approximate surface area is 164 Å². The van der Waals surface area contributed by atoms with Crippen LogP contribution < -0.4 is 11.4 Å². The molecule has 1 saturated heterocycles. The Bertz CT molecular complexity index is 887. The van der Waals surface area contributed by atoms with Crippen LogP contribution in [0.5, 0.6) is 0 Å². The maximum Gasteiger partial charge on any atom is 0.527 e. The highest BCUT2D eigenvalue weighted by Gasteiger charge is 2.46. The van der Waals surface area contributed by atoms with Gasteiger partial charge in [0.25, 0.3) is 0 Å². The molecule has 1 aromatic rings. The van der Waals surface area contributed by atoms with Gasteiger partial charge in [-0.15, -0.1) is 0 Å². The highest BCUT2D eigenvalue weighted by Crippen LogP contribution is 2.61. The van der Waals surface area contributed by atoms with Crippen molar-refractivity contribution in [3.05, 3.63) is 22.7 Å². The number of nitrogens with two attached hydrogens (primary N) is 1. The molecule has 29 heavy (non-hydrogen) atoms. The van der Waals surface area contributed by atoms with Crippen molar-refractivity contribution < 1.29 is 52.0 Å². The highest BCUT2D eigenvalue weighted by molar-refractivity contribution is 7.61. The Kier molecular flexibility index (Phi) is 7.04. The smallest absolute Gasteiger partial charge is 0.387 e. The lowest BCUT2D eigenvalue weighted by molar-refractivity contribution is -1.04. The second kappa shape index (κ2) is 8.49. The number of aromatic nitrogens is 2. The Morgan fingerprint density at radius 2 is 1.86 bits per heavy atom. The van der Waals surface area contributed by atoms with E-state index in [1.165, 1.54) is 33.4 Å². The van der Waals surface area contributed by atoms with Crippen LogP contribution in [0.1, 0.15) is 6.23 Å². The molecule has 0 radical (unpaired) electrons. The molecule has 0 amide bonds. The molecule has 166 valence electrons. The van der Waals surface area contributed by atoms with E-state index >= 15 is 0 Å². The van der Waals surface area contributed by atoms with Crippen LogP contribution in [-0.2, 0) is 27.3 Å². The van der Waals surface area contributed by atoms with E-state index in [-0.39, 0.29) is 5.82 Å². The summed E-state index contributed by atoms with van der Waals surface area (Å²) in [5.74, 6) is -0.0675. The second-order valence-electron chi connectivity index (χ2n) is 6.87. The van der Waals surface area contributed by atoms with Crippen LogP contribution in [0.15, 0.2) is 17.1 Å². The predicted molar refractivity (Wildman–Crippen MR) is 94.6 cm³/mol. The normalized spacial score (nSPS) is 29.3. The SMILES string of the molecule is C[N+](C)(C)OP(=O)(O)OP(=O)(O)OC[C@H]1O[C@@H](n2ccc(N)nc2=O)[C@H](O)[C@@H]1O. The standard InChI is InChI=1S/C12H22N4O11P2/c1-16(2,3)26-29(22,23)27-28(20,21)24-6-7-9(17)10(18)11(25-7)15-5-4-8(13)14-12(15)19/h4-5,7,9-11,17-18H,6H2,1-3H3,(H3-,13,14,19,20,21,22,23)/p+1/t7-,9-,10-,11-/m1/s1. The molecule has 1 aliphatic heterocycles. The van der Waals surface area contributed by atoms with E-state index in [2.05, 4.69) is 18.4 Å². The quantitative estimate of drug-likeness (QED) is 0.166. The fourth-order valence-electron chi connectivity index (χ4n) is 2.36. The van der Waals surface area contributed by atoms with Gasteiger partial charge in [0.15, 0.2) is 6.23 Å². The number of rotatable bonds is 8. The molecule has 0 spiro atoms. The number of phosphoric acid groups is 2. The fraction of sp³-hybridized carbons (Fsp3) is 0.667. The number of ether oxygens (including phenoxy) is 1. The van der Waals surface area contributed by atoms with Crippen LogP contribution in [0.2, 0.25) is 0 Å². The first kappa shape index (κ1) is 24.1. The number of aliphatic hydroxyl groups is 2. The lowest BCUT2D eigenvalue weighted by Crippen LogP contribution is -2.36.